The fraction of sp³-hybridized carbons (Fsp3) is 0.500. The summed E-state index contributed by atoms with van der Waals surface area (Å²) in [6, 6.07) is 4.63. The van der Waals surface area contributed by atoms with Gasteiger partial charge in [0.05, 0.1) is 6.54 Å². The summed E-state index contributed by atoms with van der Waals surface area (Å²) in [6.45, 7) is 1.05. The van der Waals surface area contributed by atoms with Crippen molar-refractivity contribution in [3.63, 3.8) is 0 Å². The molecule has 5 nitrogen and oxygen atoms in total. The second kappa shape index (κ2) is 5.14. The number of hydrogen-bond donors (Lipinski definition) is 2. The molecular weight excluding hydrogens is 216 g/mol. The molecule has 5 heteroatoms. The highest BCUT2D eigenvalue weighted by molar-refractivity contribution is 5.78. The zero-order chi connectivity index (χ0) is 12.3. The molecular formula is C12H18N4O. The van der Waals surface area contributed by atoms with Crippen molar-refractivity contribution in [2.24, 2.45) is 5.73 Å². The summed E-state index contributed by atoms with van der Waals surface area (Å²) < 4.78 is 0. The third-order valence-electron chi connectivity index (χ3n) is 2.77. The second-order valence-corrected chi connectivity index (χ2v) is 4.50. The quantitative estimate of drug-likeness (QED) is 0.740. The smallest absolute Gasteiger partial charge is 0.236 e. The van der Waals surface area contributed by atoms with Gasteiger partial charge in [-0.25, -0.2) is 4.98 Å². The van der Waals surface area contributed by atoms with Crippen molar-refractivity contribution in [2.75, 3.05) is 18.5 Å². The number of carbonyl (C=O) groups excluding carboxylic acids is 1. The van der Waals surface area contributed by atoms with Gasteiger partial charge in [0.1, 0.15) is 5.82 Å². The summed E-state index contributed by atoms with van der Waals surface area (Å²) in [4.78, 5) is 16.8. The van der Waals surface area contributed by atoms with Crippen molar-refractivity contribution in [1.29, 1.82) is 0 Å². The average Bonchev–Trinajstić information content (AvgIpc) is 3.10. The topological polar surface area (TPSA) is 71.2 Å². The molecule has 0 radical (unpaired) electrons. The third-order valence-corrected chi connectivity index (χ3v) is 2.77. The van der Waals surface area contributed by atoms with Gasteiger partial charge in [-0.2, -0.15) is 0 Å². The van der Waals surface area contributed by atoms with E-state index >= 15 is 0 Å². The van der Waals surface area contributed by atoms with Crippen LogP contribution in [0.4, 0.5) is 5.82 Å². The van der Waals surface area contributed by atoms with Gasteiger partial charge in [0.2, 0.25) is 5.91 Å². The number of anilines is 1. The summed E-state index contributed by atoms with van der Waals surface area (Å²) in [5.74, 6) is 0.410. The van der Waals surface area contributed by atoms with E-state index in [1.807, 2.05) is 18.3 Å². The Morgan fingerprint density at radius 2 is 2.35 bits per heavy atom. The minimum atomic E-state index is -0.353. The highest BCUT2D eigenvalue weighted by Crippen LogP contribution is 2.19. The molecule has 0 aliphatic heterocycles. The van der Waals surface area contributed by atoms with Gasteiger partial charge >= 0.3 is 0 Å². The van der Waals surface area contributed by atoms with Crippen LogP contribution in [0.15, 0.2) is 18.3 Å². The van der Waals surface area contributed by atoms with Crippen LogP contribution >= 0.6 is 0 Å². The minimum absolute atomic E-state index is 0.187. The lowest BCUT2D eigenvalue weighted by atomic mass is 10.2. The van der Waals surface area contributed by atoms with Gasteiger partial charge in [-0.05, 0) is 24.5 Å². The number of pyridine rings is 1. The Kier molecular flexibility index (Phi) is 3.58. The Bertz CT molecular complexity index is 386. The van der Waals surface area contributed by atoms with Crippen LogP contribution in [0.3, 0.4) is 0 Å². The number of aromatic nitrogens is 1. The standard InChI is InChI=1S/C12H18N4O/c1-16(8-11(13)17)12-5-2-9(7-15-12)6-14-10-3-4-10/h2,5,7,10,14H,3-4,6,8H2,1H3,(H2,13,17). The Balaban J connectivity index is 1.89. The van der Waals surface area contributed by atoms with E-state index in [2.05, 4.69) is 10.3 Å². The monoisotopic (exact) mass is 234 g/mol. The molecule has 0 aromatic carbocycles. The van der Waals surface area contributed by atoms with E-state index in [9.17, 15) is 4.79 Å². The van der Waals surface area contributed by atoms with Crippen LogP contribution in [-0.4, -0.2) is 30.5 Å². The summed E-state index contributed by atoms with van der Waals surface area (Å²) in [7, 11) is 1.80. The maximum Gasteiger partial charge on any atom is 0.236 e. The lowest BCUT2D eigenvalue weighted by molar-refractivity contribution is -0.116. The van der Waals surface area contributed by atoms with Crippen molar-refractivity contribution in [3.05, 3.63) is 23.9 Å². The second-order valence-electron chi connectivity index (χ2n) is 4.50. The van der Waals surface area contributed by atoms with Gasteiger partial charge in [-0.3, -0.25) is 4.79 Å². The van der Waals surface area contributed by atoms with Crippen LogP contribution in [-0.2, 0) is 11.3 Å². The van der Waals surface area contributed by atoms with Crippen LogP contribution in [0.25, 0.3) is 0 Å². The predicted octanol–water partition coefficient (Wildman–Crippen LogP) is 0.255. The van der Waals surface area contributed by atoms with Gasteiger partial charge < -0.3 is 16.0 Å². The van der Waals surface area contributed by atoms with Crippen molar-refractivity contribution in [2.45, 2.75) is 25.4 Å². The van der Waals surface area contributed by atoms with Gasteiger partial charge in [-0.1, -0.05) is 6.07 Å². The minimum Gasteiger partial charge on any atom is -0.368 e. The third kappa shape index (κ3) is 3.71. The maximum atomic E-state index is 10.8. The molecule has 1 saturated carbocycles. The molecule has 0 bridgehead atoms. The fourth-order valence-corrected chi connectivity index (χ4v) is 1.61. The van der Waals surface area contributed by atoms with Gasteiger partial charge in [0.25, 0.3) is 0 Å². The largest absolute Gasteiger partial charge is 0.368 e. The molecule has 1 aromatic heterocycles. The molecule has 1 fully saturated rings. The molecule has 2 rings (SSSR count). The highest BCUT2D eigenvalue weighted by atomic mass is 16.1. The van der Waals surface area contributed by atoms with Crippen molar-refractivity contribution in [1.82, 2.24) is 10.3 Å². The van der Waals surface area contributed by atoms with Crippen LogP contribution in [0.1, 0.15) is 18.4 Å². The van der Waals surface area contributed by atoms with Crippen LogP contribution in [0, 0.1) is 0 Å². The molecule has 92 valence electrons. The van der Waals surface area contributed by atoms with E-state index < -0.39 is 0 Å². The van der Waals surface area contributed by atoms with Crippen molar-refractivity contribution in [3.8, 4) is 0 Å². The zero-order valence-electron chi connectivity index (χ0n) is 10.0. The first-order valence-electron chi connectivity index (χ1n) is 5.83. The first-order valence-corrected chi connectivity index (χ1v) is 5.83. The number of nitrogens with two attached hydrogens (primary N) is 1. The average molecular weight is 234 g/mol. The molecule has 1 amide bonds. The molecule has 0 unspecified atom stereocenters. The SMILES string of the molecule is CN(CC(N)=O)c1ccc(CNC2CC2)cn1. The Labute approximate surface area is 101 Å². The lowest BCUT2D eigenvalue weighted by Gasteiger charge is -2.16. The summed E-state index contributed by atoms with van der Waals surface area (Å²) in [6.07, 6.45) is 4.40. The number of nitrogens with one attached hydrogen (secondary N) is 1. The van der Waals surface area contributed by atoms with Crippen LogP contribution < -0.4 is 16.0 Å². The van der Waals surface area contributed by atoms with E-state index in [0.29, 0.717) is 6.04 Å². The number of primary amides is 1. The number of likely N-dealkylation sites (N-methyl/N-ethyl adjacent to an activating group) is 1. The van der Waals surface area contributed by atoms with E-state index in [4.69, 9.17) is 5.73 Å². The molecule has 17 heavy (non-hydrogen) atoms. The lowest BCUT2D eigenvalue weighted by Crippen LogP contribution is -2.31. The number of nitrogens with zero attached hydrogens (tertiary/aromatic N) is 2. The highest BCUT2D eigenvalue weighted by Gasteiger charge is 2.19. The molecule has 3 N–H and O–H groups in total. The predicted molar refractivity (Wildman–Crippen MR) is 66.6 cm³/mol. The summed E-state index contributed by atoms with van der Waals surface area (Å²) in [5.41, 5.74) is 6.29. The van der Waals surface area contributed by atoms with Crippen molar-refractivity contribution >= 4 is 11.7 Å². The summed E-state index contributed by atoms with van der Waals surface area (Å²) >= 11 is 0. The van der Waals surface area contributed by atoms with Gasteiger partial charge in [0, 0.05) is 25.8 Å². The Morgan fingerprint density at radius 3 is 2.88 bits per heavy atom. The number of rotatable bonds is 6. The van der Waals surface area contributed by atoms with Gasteiger partial charge in [-0.15, -0.1) is 0 Å². The molecule has 0 saturated heterocycles. The molecule has 1 aliphatic carbocycles. The van der Waals surface area contributed by atoms with Crippen molar-refractivity contribution < 1.29 is 4.79 Å². The molecule has 0 atom stereocenters. The van der Waals surface area contributed by atoms with E-state index in [0.717, 1.165) is 17.9 Å². The van der Waals surface area contributed by atoms with Crippen LogP contribution in [0.5, 0.6) is 0 Å². The summed E-state index contributed by atoms with van der Waals surface area (Å²) in [5, 5.41) is 3.43. The Morgan fingerprint density at radius 1 is 1.59 bits per heavy atom. The number of amides is 1. The van der Waals surface area contributed by atoms with E-state index in [1.165, 1.54) is 12.8 Å². The zero-order valence-corrected chi connectivity index (χ0v) is 10.0. The molecule has 0 spiro atoms. The Hall–Kier alpha value is -1.62. The number of carbonyl (C=O) groups is 1. The number of hydrogen-bond acceptors (Lipinski definition) is 4. The van der Waals surface area contributed by atoms with Gasteiger partial charge in [0.15, 0.2) is 0 Å². The normalized spacial score (nSPS) is 14.6. The first kappa shape index (κ1) is 11.9. The fourth-order valence-electron chi connectivity index (χ4n) is 1.61. The maximum absolute atomic E-state index is 10.8. The molecule has 1 aliphatic rings. The molecule has 1 heterocycles. The van der Waals surface area contributed by atoms with E-state index in [1.54, 1.807) is 11.9 Å². The molecule has 1 aromatic rings. The first-order chi connectivity index (χ1) is 8.15. The van der Waals surface area contributed by atoms with Crippen LogP contribution in [0.2, 0.25) is 0 Å². The van der Waals surface area contributed by atoms with E-state index in [-0.39, 0.29) is 12.5 Å².